The van der Waals surface area contributed by atoms with E-state index in [4.69, 9.17) is 4.74 Å². The van der Waals surface area contributed by atoms with Gasteiger partial charge in [0.2, 0.25) is 0 Å². The molecule has 4 nitrogen and oxygen atoms in total. The molecular weight excluding hydrogens is 242 g/mol. The van der Waals surface area contributed by atoms with Crippen molar-refractivity contribution in [2.24, 2.45) is 5.41 Å². The van der Waals surface area contributed by atoms with Crippen LogP contribution in [0.3, 0.4) is 0 Å². The molecule has 0 aromatic rings. The van der Waals surface area contributed by atoms with Crippen LogP contribution in [0.4, 0.5) is 0 Å². The van der Waals surface area contributed by atoms with E-state index in [1.165, 1.54) is 0 Å². The smallest absolute Gasteiger partial charge is 0.309 e. The van der Waals surface area contributed by atoms with Crippen molar-refractivity contribution >= 4 is 5.97 Å². The van der Waals surface area contributed by atoms with E-state index in [1.54, 1.807) is 0 Å². The zero-order valence-corrected chi connectivity index (χ0v) is 12.2. The summed E-state index contributed by atoms with van der Waals surface area (Å²) < 4.78 is 5.85. The highest BCUT2D eigenvalue weighted by Crippen LogP contribution is 2.36. The van der Waals surface area contributed by atoms with E-state index in [2.05, 4.69) is 18.7 Å². The van der Waals surface area contributed by atoms with Gasteiger partial charge in [0, 0.05) is 6.54 Å². The lowest BCUT2D eigenvalue weighted by Crippen LogP contribution is -2.46. The minimum atomic E-state index is -0.597. The molecule has 1 N–H and O–H groups in total. The molecule has 2 saturated heterocycles. The molecule has 4 heteroatoms. The first-order valence-electron chi connectivity index (χ1n) is 7.67. The maximum Gasteiger partial charge on any atom is 0.309 e. The fourth-order valence-electron chi connectivity index (χ4n) is 3.52. The lowest BCUT2D eigenvalue weighted by atomic mass is 9.75. The summed E-state index contributed by atoms with van der Waals surface area (Å²) in [5.41, 5.74) is -0.463. The molecule has 2 fully saturated rings. The molecule has 0 bridgehead atoms. The highest BCUT2D eigenvalue weighted by Gasteiger charge is 2.41. The highest BCUT2D eigenvalue weighted by molar-refractivity contribution is 5.74. The summed E-state index contributed by atoms with van der Waals surface area (Å²) in [4.78, 5) is 13.9. The molecular formula is C15H27NO3. The molecule has 2 aliphatic heterocycles. The summed E-state index contributed by atoms with van der Waals surface area (Å²) in [6.07, 6.45) is 6.41. The van der Waals surface area contributed by atoms with Gasteiger partial charge in [-0.3, -0.25) is 4.79 Å². The lowest BCUT2D eigenvalue weighted by Gasteiger charge is -2.39. The van der Waals surface area contributed by atoms with Crippen molar-refractivity contribution in [1.82, 2.24) is 4.90 Å². The average Bonchev–Trinajstić information content (AvgIpc) is 2.77. The van der Waals surface area contributed by atoms with E-state index in [1.807, 2.05) is 0 Å². The molecule has 0 spiro atoms. The molecule has 0 saturated carbocycles. The van der Waals surface area contributed by atoms with Gasteiger partial charge in [-0.05, 0) is 52.1 Å². The predicted octanol–water partition coefficient (Wildman–Crippen LogP) is 2.52. The Balaban J connectivity index is 1.82. The standard InChI is InChI=1S/C15H27NO3/c1-3-6-15(14(17)18)7-9-16(10-8-15)11-13-5-4-12(2)19-13/h12-13H,3-11H2,1-2H3,(H,17,18). The van der Waals surface area contributed by atoms with Crippen LogP contribution in [0.25, 0.3) is 0 Å². The second kappa shape index (κ2) is 6.23. The number of rotatable bonds is 5. The second-order valence-electron chi connectivity index (χ2n) is 6.28. The second-order valence-corrected chi connectivity index (χ2v) is 6.28. The van der Waals surface area contributed by atoms with Crippen molar-refractivity contribution in [2.45, 2.75) is 64.6 Å². The van der Waals surface area contributed by atoms with E-state index >= 15 is 0 Å². The summed E-state index contributed by atoms with van der Waals surface area (Å²) in [7, 11) is 0. The van der Waals surface area contributed by atoms with Crippen LogP contribution in [0.15, 0.2) is 0 Å². The van der Waals surface area contributed by atoms with Crippen molar-refractivity contribution in [3.05, 3.63) is 0 Å². The molecule has 2 unspecified atom stereocenters. The molecule has 0 aromatic carbocycles. The van der Waals surface area contributed by atoms with Gasteiger partial charge in [0.1, 0.15) is 0 Å². The van der Waals surface area contributed by atoms with Gasteiger partial charge in [-0.15, -0.1) is 0 Å². The summed E-state index contributed by atoms with van der Waals surface area (Å²) in [5.74, 6) is -0.597. The number of piperidine rings is 1. The van der Waals surface area contributed by atoms with Crippen LogP contribution in [-0.2, 0) is 9.53 Å². The molecule has 0 aromatic heterocycles. The van der Waals surface area contributed by atoms with Gasteiger partial charge in [-0.2, -0.15) is 0 Å². The Morgan fingerprint density at radius 1 is 1.37 bits per heavy atom. The Kier molecular flexibility index (Phi) is 4.85. The minimum Gasteiger partial charge on any atom is -0.481 e. The monoisotopic (exact) mass is 269 g/mol. The van der Waals surface area contributed by atoms with Gasteiger partial charge in [-0.1, -0.05) is 13.3 Å². The maximum atomic E-state index is 11.5. The number of aliphatic carboxylic acids is 1. The Labute approximate surface area is 116 Å². The molecule has 2 atom stereocenters. The van der Waals surface area contributed by atoms with Crippen LogP contribution in [0.5, 0.6) is 0 Å². The zero-order chi connectivity index (χ0) is 13.9. The molecule has 2 aliphatic rings. The third-order valence-electron chi connectivity index (χ3n) is 4.78. The van der Waals surface area contributed by atoms with Crippen LogP contribution in [0.1, 0.15) is 52.4 Å². The first-order valence-corrected chi connectivity index (χ1v) is 7.67. The number of carboxylic acids is 1. The summed E-state index contributed by atoms with van der Waals surface area (Å²) >= 11 is 0. The summed E-state index contributed by atoms with van der Waals surface area (Å²) in [5, 5.41) is 9.48. The van der Waals surface area contributed by atoms with Gasteiger partial charge < -0.3 is 14.7 Å². The molecule has 110 valence electrons. The number of hydrogen-bond acceptors (Lipinski definition) is 3. The fourth-order valence-corrected chi connectivity index (χ4v) is 3.52. The summed E-state index contributed by atoms with van der Waals surface area (Å²) in [6.45, 7) is 6.99. The summed E-state index contributed by atoms with van der Waals surface area (Å²) in [6, 6.07) is 0. The number of hydrogen-bond donors (Lipinski definition) is 1. The van der Waals surface area contributed by atoms with Crippen molar-refractivity contribution in [2.75, 3.05) is 19.6 Å². The Bertz CT molecular complexity index is 311. The molecule has 0 amide bonds. The van der Waals surface area contributed by atoms with E-state index in [-0.39, 0.29) is 0 Å². The SMILES string of the molecule is CCCC1(C(=O)O)CCN(CC2CCC(C)O2)CC1. The molecule has 0 radical (unpaired) electrons. The van der Waals surface area contributed by atoms with Gasteiger partial charge in [-0.25, -0.2) is 0 Å². The quantitative estimate of drug-likeness (QED) is 0.833. The van der Waals surface area contributed by atoms with E-state index in [0.717, 1.165) is 58.2 Å². The van der Waals surface area contributed by atoms with Crippen molar-refractivity contribution < 1.29 is 14.6 Å². The topological polar surface area (TPSA) is 49.8 Å². The highest BCUT2D eigenvalue weighted by atomic mass is 16.5. The maximum absolute atomic E-state index is 11.5. The first-order chi connectivity index (χ1) is 9.05. The average molecular weight is 269 g/mol. The molecule has 0 aliphatic carbocycles. The Hall–Kier alpha value is -0.610. The molecule has 19 heavy (non-hydrogen) atoms. The van der Waals surface area contributed by atoms with E-state index < -0.39 is 11.4 Å². The number of ether oxygens (including phenoxy) is 1. The Morgan fingerprint density at radius 2 is 2.05 bits per heavy atom. The van der Waals surface area contributed by atoms with Crippen molar-refractivity contribution in [1.29, 1.82) is 0 Å². The fraction of sp³-hybridized carbons (Fsp3) is 0.933. The van der Waals surface area contributed by atoms with Crippen LogP contribution in [0, 0.1) is 5.41 Å². The van der Waals surface area contributed by atoms with Crippen molar-refractivity contribution in [3.63, 3.8) is 0 Å². The largest absolute Gasteiger partial charge is 0.481 e. The molecule has 2 heterocycles. The molecule has 2 rings (SSSR count). The van der Waals surface area contributed by atoms with Crippen LogP contribution < -0.4 is 0 Å². The van der Waals surface area contributed by atoms with Crippen molar-refractivity contribution in [3.8, 4) is 0 Å². The number of nitrogens with zero attached hydrogens (tertiary/aromatic N) is 1. The third kappa shape index (κ3) is 3.48. The number of carbonyl (C=O) groups is 1. The number of likely N-dealkylation sites (tertiary alicyclic amines) is 1. The normalized spacial score (nSPS) is 31.5. The van der Waals surface area contributed by atoms with Gasteiger partial charge in [0.25, 0.3) is 0 Å². The van der Waals surface area contributed by atoms with Crippen LogP contribution in [-0.4, -0.2) is 47.8 Å². The first kappa shape index (κ1) is 14.8. The van der Waals surface area contributed by atoms with Gasteiger partial charge >= 0.3 is 5.97 Å². The van der Waals surface area contributed by atoms with Crippen LogP contribution in [0.2, 0.25) is 0 Å². The van der Waals surface area contributed by atoms with Gasteiger partial charge in [0.15, 0.2) is 0 Å². The number of carboxylic acid groups (broad SMARTS) is 1. The van der Waals surface area contributed by atoms with Gasteiger partial charge in [0.05, 0.1) is 17.6 Å². The third-order valence-corrected chi connectivity index (χ3v) is 4.78. The predicted molar refractivity (Wildman–Crippen MR) is 74.2 cm³/mol. The zero-order valence-electron chi connectivity index (χ0n) is 12.2. The minimum absolute atomic E-state index is 0.360. The van der Waals surface area contributed by atoms with E-state index in [9.17, 15) is 9.90 Å². The van der Waals surface area contributed by atoms with E-state index in [0.29, 0.717) is 12.2 Å². The Morgan fingerprint density at radius 3 is 2.53 bits per heavy atom. The lowest BCUT2D eigenvalue weighted by molar-refractivity contribution is -0.153. The van der Waals surface area contributed by atoms with Crippen LogP contribution >= 0.6 is 0 Å².